The zero-order chi connectivity index (χ0) is 28.6. The Morgan fingerprint density at radius 3 is 2.31 bits per heavy atom. The quantitative estimate of drug-likeness (QED) is 0.486. The smallest absolute Gasteiger partial charge is 0.369 e. The van der Waals surface area contributed by atoms with E-state index in [4.69, 9.17) is 4.74 Å². The molecule has 1 amide bonds. The highest BCUT2D eigenvalue weighted by atomic mass is 32.2. The number of ether oxygens (including phenoxy) is 1. The fraction of sp³-hybridized carbons (Fsp3) is 0.750. The Bertz CT molecular complexity index is 1130. The molecular weight excluding hydrogens is 531 g/mol. The second-order valence-electron chi connectivity index (χ2n) is 12.0. The molecule has 2 heterocycles. The van der Waals surface area contributed by atoms with E-state index in [1.54, 1.807) is 0 Å². The highest BCUT2D eigenvalue weighted by molar-refractivity contribution is 7.88. The Kier molecular flexibility index (Phi) is 9.05. The lowest BCUT2D eigenvalue weighted by Gasteiger charge is -2.41. The summed E-state index contributed by atoms with van der Waals surface area (Å²) in [6, 6.07) is 6.00. The van der Waals surface area contributed by atoms with Crippen LogP contribution >= 0.6 is 0 Å². The first-order valence-corrected chi connectivity index (χ1v) is 15.8. The average Bonchev–Trinajstić information content (AvgIpc) is 3.24. The lowest BCUT2D eigenvalue weighted by molar-refractivity contribution is -0.282. The van der Waals surface area contributed by atoms with Gasteiger partial charge >= 0.3 is 6.18 Å². The molecule has 1 saturated carbocycles. The molecule has 1 aromatic rings. The summed E-state index contributed by atoms with van der Waals surface area (Å²) in [6.45, 7) is 7.18. The minimum absolute atomic E-state index is 0.0115. The topological polar surface area (TPSA) is 79.0 Å². The van der Waals surface area contributed by atoms with E-state index in [0.717, 1.165) is 32.1 Å². The number of benzene rings is 1. The van der Waals surface area contributed by atoms with Crippen molar-refractivity contribution >= 4 is 15.9 Å². The van der Waals surface area contributed by atoms with Crippen LogP contribution < -0.4 is 5.32 Å². The molecule has 1 aromatic carbocycles. The molecule has 2 fully saturated rings. The number of sulfonamides is 1. The molecule has 39 heavy (non-hydrogen) atoms. The van der Waals surface area contributed by atoms with Gasteiger partial charge in [0, 0.05) is 51.4 Å². The zero-order valence-corrected chi connectivity index (χ0v) is 24.2. The summed E-state index contributed by atoms with van der Waals surface area (Å²) < 4.78 is 70.7. The second-order valence-corrected chi connectivity index (χ2v) is 14.0. The van der Waals surface area contributed by atoms with Crippen molar-refractivity contribution < 1.29 is 31.1 Å². The molecule has 7 nitrogen and oxygen atoms in total. The van der Waals surface area contributed by atoms with Crippen LogP contribution in [-0.4, -0.2) is 74.9 Å². The van der Waals surface area contributed by atoms with E-state index in [-0.39, 0.29) is 36.6 Å². The predicted octanol–water partition coefficient (Wildman–Crippen LogP) is 4.74. The van der Waals surface area contributed by atoms with Gasteiger partial charge in [-0.05, 0) is 79.5 Å². The summed E-state index contributed by atoms with van der Waals surface area (Å²) in [5, 5.41) is 3.03. The number of rotatable bonds is 8. The van der Waals surface area contributed by atoms with Crippen LogP contribution in [0.25, 0.3) is 0 Å². The lowest BCUT2D eigenvalue weighted by atomic mass is 9.77. The highest BCUT2D eigenvalue weighted by Crippen LogP contribution is 2.47. The van der Waals surface area contributed by atoms with Crippen molar-refractivity contribution in [3.63, 3.8) is 0 Å². The normalized spacial score (nSPS) is 27.6. The maximum absolute atomic E-state index is 13.6. The summed E-state index contributed by atoms with van der Waals surface area (Å²) in [5.74, 6) is 0.591. The van der Waals surface area contributed by atoms with Gasteiger partial charge in [-0.15, -0.1) is 0 Å². The number of hydrogen-bond acceptors (Lipinski definition) is 5. The molecule has 1 atom stereocenters. The van der Waals surface area contributed by atoms with Crippen LogP contribution in [0.1, 0.15) is 79.9 Å². The van der Waals surface area contributed by atoms with Crippen molar-refractivity contribution in [2.24, 2.45) is 17.8 Å². The van der Waals surface area contributed by atoms with Crippen LogP contribution in [0.3, 0.4) is 0 Å². The van der Waals surface area contributed by atoms with Crippen LogP contribution in [0.2, 0.25) is 0 Å². The molecule has 0 unspecified atom stereocenters. The Labute approximate surface area is 230 Å². The van der Waals surface area contributed by atoms with Gasteiger partial charge in [-0.2, -0.15) is 13.2 Å². The number of nitrogens with zero attached hydrogens (tertiary/aromatic N) is 2. The highest BCUT2D eigenvalue weighted by Gasteiger charge is 2.56. The van der Waals surface area contributed by atoms with Gasteiger partial charge in [-0.1, -0.05) is 19.9 Å². The maximum Gasteiger partial charge on any atom is 0.417 e. The average molecular weight is 574 g/mol. The van der Waals surface area contributed by atoms with Gasteiger partial charge in [0.05, 0.1) is 6.26 Å². The van der Waals surface area contributed by atoms with Gasteiger partial charge in [0.25, 0.3) is 5.91 Å². The molecule has 1 N–H and O–H groups in total. The first-order chi connectivity index (χ1) is 18.2. The minimum Gasteiger partial charge on any atom is -0.369 e. The minimum atomic E-state index is -4.36. The van der Waals surface area contributed by atoms with Crippen molar-refractivity contribution in [2.45, 2.75) is 76.7 Å². The summed E-state index contributed by atoms with van der Waals surface area (Å²) in [7, 11) is -2.01. The first kappa shape index (κ1) is 30.3. The predicted molar refractivity (Wildman–Crippen MR) is 144 cm³/mol. The lowest BCUT2D eigenvalue weighted by Crippen LogP contribution is -2.50. The van der Waals surface area contributed by atoms with Crippen LogP contribution in [-0.2, 0) is 21.3 Å². The summed E-state index contributed by atoms with van der Waals surface area (Å²) in [4.78, 5) is 15.3. The molecule has 220 valence electrons. The van der Waals surface area contributed by atoms with Gasteiger partial charge in [-0.3, -0.25) is 9.69 Å². The number of nitrogens with one attached hydrogen (secondary N) is 1. The Balaban J connectivity index is 1.35. The molecule has 11 heteroatoms. The molecule has 3 aliphatic rings. The number of halogens is 3. The van der Waals surface area contributed by atoms with Gasteiger partial charge in [0.1, 0.15) is 0 Å². The largest absolute Gasteiger partial charge is 0.417 e. The van der Waals surface area contributed by atoms with Gasteiger partial charge in [-0.25, -0.2) is 12.7 Å². The van der Waals surface area contributed by atoms with Crippen LogP contribution in [0, 0.1) is 17.8 Å². The maximum atomic E-state index is 13.6. The molecule has 4 rings (SSSR count). The van der Waals surface area contributed by atoms with E-state index in [0.29, 0.717) is 50.5 Å². The molecule has 1 saturated heterocycles. The van der Waals surface area contributed by atoms with Gasteiger partial charge < -0.3 is 10.1 Å². The monoisotopic (exact) mass is 573 g/mol. The van der Waals surface area contributed by atoms with Crippen LogP contribution in [0.5, 0.6) is 0 Å². The number of piperidine rings is 1. The van der Waals surface area contributed by atoms with Crippen molar-refractivity contribution in [3.8, 4) is 0 Å². The number of fused-ring (bicyclic) bond motifs is 1. The third-order valence-corrected chi connectivity index (χ3v) is 10.3. The summed E-state index contributed by atoms with van der Waals surface area (Å²) >= 11 is 0. The zero-order valence-electron chi connectivity index (χ0n) is 23.4. The molecular formula is C28H42F3N3O4S. The van der Waals surface area contributed by atoms with Crippen molar-refractivity contribution in [2.75, 3.05) is 39.5 Å². The van der Waals surface area contributed by atoms with Gasteiger partial charge in [0.2, 0.25) is 10.0 Å². The fourth-order valence-corrected chi connectivity index (χ4v) is 7.56. The number of carbonyl (C=O) groups excluding carboxylic acids is 1. The van der Waals surface area contributed by atoms with E-state index in [1.165, 1.54) is 16.1 Å². The Morgan fingerprint density at radius 2 is 1.77 bits per heavy atom. The Hall–Kier alpha value is -1.69. The number of amides is 1. The van der Waals surface area contributed by atoms with Crippen molar-refractivity contribution in [1.82, 2.24) is 14.5 Å². The molecule has 1 aliphatic carbocycles. The van der Waals surface area contributed by atoms with Gasteiger partial charge in [0.15, 0.2) is 5.60 Å². The standard InChI is InChI=1S/C28H42F3N3O4S/c1-19(2)25-24-6-5-22(26(35)32-16-20-9-13-34(14-10-20)39(4,36)37)15-23(24)18-33(25)17-21-7-11-27(38-3,12-8-21)28(29,30)31/h5-6,15,19-21,25H,7-14,16-18H2,1-4H3,(H,32,35)/t21?,25-,27?/m1/s1. The second kappa shape index (κ2) is 11.7. The fourth-order valence-electron chi connectivity index (χ4n) is 6.69. The molecule has 0 radical (unpaired) electrons. The van der Waals surface area contributed by atoms with Crippen molar-refractivity contribution in [3.05, 3.63) is 34.9 Å². The Morgan fingerprint density at radius 1 is 1.13 bits per heavy atom. The number of methoxy groups -OCH3 is 1. The number of carbonyl (C=O) groups is 1. The third kappa shape index (κ3) is 6.63. The summed E-state index contributed by atoms with van der Waals surface area (Å²) in [5.41, 5.74) is 0.855. The number of alkyl halides is 3. The third-order valence-electron chi connectivity index (χ3n) is 9.03. The molecule has 0 spiro atoms. The van der Waals surface area contributed by atoms with Crippen LogP contribution in [0.15, 0.2) is 18.2 Å². The van der Waals surface area contributed by atoms with E-state index in [2.05, 4.69) is 24.1 Å². The SMILES string of the molecule is COC1(C(F)(F)F)CCC(CN2Cc3cc(C(=O)NCC4CCN(S(C)(=O)=O)CC4)ccc3[C@H]2C(C)C)CC1. The molecule has 0 aromatic heterocycles. The van der Waals surface area contributed by atoms with Crippen LogP contribution in [0.4, 0.5) is 13.2 Å². The van der Waals surface area contributed by atoms with E-state index in [1.807, 2.05) is 18.2 Å². The first-order valence-electron chi connectivity index (χ1n) is 14.0. The van der Waals surface area contributed by atoms with E-state index >= 15 is 0 Å². The molecule has 2 aliphatic heterocycles. The van der Waals surface area contributed by atoms with E-state index in [9.17, 15) is 26.4 Å². The number of hydrogen-bond donors (Lipinski definition) is 1. The summed E-state index contributed by atoms with van der Waals surface area (Å²) in [6.07, 6.45) is -0.769. The van der Waals surface area contributed by atoms with E-state index < -0.39 is 21.8 Å². The molecule has 0 bridgehead atoms. The van der Waals surface area contributed by atoms with Crippen molar-refractivity contribution in [1.29, 1.82) is 0 Å².